The van der Waals surface area contributed by atoms with Gasteiger partial charge in [0.15, 0.2) is 5.03 Å². The Balaban J connectivity index is 1.95. The van der Waals surface area contributed by atoms with Crippen molar-refractivity contribution >= 4 is 10.0 Å². The highest BCUT2D eigenvalue weighted by Crippen LogP contribution is 2.11. The van der Waals surface area contributed by atoms with Crippen LogP contribution in [0, 0.1) is 0 Å². The first-order valence-corrected chi connectivity index (χ1v) is 8.86. The minimum atomic E-state index is -3.56. The molecule has 1 atom stereocenters. The van der Waals surface area contributed by atoms with Gasteiger partial charge in [0.05, 0.1) is 6.61 Å². The molecule has 1 fully saturated rings. The van der Waals surface area contributed by atoms with Crippen LogP contribution in [0.4, 0.5) is 0 Å². The van der Waals surface area contributed by atoms with E-state index in [2.05, 4.69) is 21.9 Å². The van der Waals surface area contributed by atoms with E-state index in [4.69, 9.17) is 4.74 Å². The van der Waals surface area contributed by atoms with Crippen LogP contribution in [0.2, 0.25) is 0 Å². The molecule has 0 bridgehead atoms. The van der Waals surface area contributed by atoms with Gasteiger partial charge in [0.2, 0.25) is 0 Å². The molecule has 0 spiro atoms. The maximum Gasteiger partial charge on any atom is 0.258 e. The number of nitrogens with zero attached hydrogens (tertiary/aromatic N) is 1. The van der Waals surface area contributed by atoms with E-state index in [0.717, 1.165) is 31.4 Å². The first kappa shape index (κ1) is 16.4. The lowest BCUT2D eigenvalue weighted by atomic mass is 10.1. The van der Waals surface area contributed by atoms with Gasteiger partial charge < -0.3 is 10.1 Å². The van der Waals surface area contributed by atoms with Gasteiger partial charge >= 0.3 is 0 Å². The van der Waals surface area contributed by atoms with Crippen LogP contribution in [0.5, 0.6) is 0 Å². The molecule has 1 aromatic rings. The van der Waals surface area contributed by atoms with Gasteiger partial charge in [-0.3, -0.25) is 0 Å². The third-order valence-corrected chi connectivity index (χ3v) is 4.75. The van der Waals surface area contributed by atoms with Crippen molar-refractivity contribution < 1.29 is 13.2 Å². The fraction of sp³-hybridized carbons (Fsp3) is 0.643. The van der Waals surface area contributed by atoms with Crippen molar-refractivity contribution in [2.45, 2.75) is 43.8 Å². The third-order valence-electron chi connectivity index (χ3n) is 3.31. The molecule has 0 aliphatic carbocycles. The Labute approximate surface area is 126 Å². The highest BCUT2D eigenvalue weighted by Gasteiger charge is 2.23. The summed E-state index contributed by atoms with van der Waals surface area (Å²) in [5, 5.41) is 3.32. The van der Waals surface area contributed by atoms with E-state index in [1.165, 1.54) is 0 Å². The summed E-state index contributed by atoms with van der Waals surface area (Å²) >= 11 is 0. The second-order valence-electron chi connectivity index (χ2n) is 5.22. The zero-order valence-corrected chi connectivity index (χ0v) is 13.2. The molecular formula is C14H23N3O3S. The summed E-state index contributed by atoms with van der Waals surface area (Å²) in [5.74, 6) is 0. The summed E-state index contributed by atoms with van der Waals surface area (Å²) in [6, 6.07) is 3.19. The molecule has 1 aliphatic rings. The van der Waals surface area contributed by atoms with Gasteiger partial charge in [0, 0.05) is 25.4 Å². The molecule has 0 saturated carbocycles. The topological polar surface area (TPSA) is 80.3 Å². The number of pyridine rings is 1. The summed E-state index contributed by atoms with van der Waals surface area (Å²) in [5.41, 5.74) is 0.975. The SMILES string of the molecule is CCCNCc1ccc(S(=O)(=O)NC2CCCOC2)nc1. The van der Waals surface area contributed by atoms with Gasteiger partial charge in [0.1, 0.15) is 0 Å². The molecule has 1 aliphatic heterocycles. The van der Waals surface area contributed by atoms with Crippen molar-refractivity contribution in [1.29, 1.82) is 0 Å². The molecule has 7 heteroatoms. The predicted molar refractivity (Wildman–Crippen MR) is 80.4 cm³/mol. The Morgan fingerprint density at radius 1 is 1.43 bits per heavy atom. The van der Waals surface area contributed by atoms with Gasteiger partial charge in [-0.1, -0.05) is 13.0 Å². The zero-order chi connectivity index (χ0) is 15.1. The van der Waals surface area contributed by atoms with E-state index in [-0.39, 0.29) is 11.1 Å². The summed E-state index contributed by atoms with van der Waals surface area (Å²) < 4.78 is 32.4. The molecule has 1 saturated heterocycles. The predicted octanol–water partition coefficient (Wildman–Crippen LogP) is 1.04. The Bertz CT molecular complexity index is 525. The summed E-state index contributed by atoms with van der Waals surface area (Å²) in [7, 11) is -3.56. The fourth-order valence-corrected chi connectivity index (χ4v) is 3.38. The molecule has 1 unspecified atom stereocenters. The normalized spacial score (nSPS) is 19.6. The van der Waals surface area contributed by atoms with Crippen molar-refractivity contribution in [1.82, 2.24) is 15.0 Å². The minimum absolute atomic E-state index is 0.0623. The number of hydrogen-bond acceptors (Lipinski definition) is 5. The lowest BCUT2D eigenvalue weighted by Crippen LogP contribution is -2.40. The highest BCUT2D eigenvalue weighted by atomic mass is 32.2. The second-order valence-corrected chi connectivity index (χ2v) is 6.88. The summed E-state index contributed by atoms with van der Waals surface area (Å²) in [6.07, 6.45) is 4.35. The Kier molecular flexibility index (Phi) is 6.10. The lowest BCUT2D eigenvalue weighted by molar-refractivity contribution is 0.0774. The van der Waals surface area contributed by atoms with Crippen LogP contribution in [0.25, 0.3) is 0 Å². The minimum Gasteiger partial charge on any atom is -0.380 e. The van der Waals surface area contributed by atoms with Gasteiger partial charge in [-0.25, -0.2) is 18.1 Å². The second kappa shape index (κ2) is 7.84. The standard InChI is InChI=1S/C14H23N3O3S/c1-2-7-15-9-12-5-6-14(16-10-12)21(18,19)17-13-4-3-8-20-11-13/h5-6,10,13,15,17H,2-4,7-9,11H2,1H3. The van der Waals surface area contributed by atoms with Crippen LogP contribution in [-0.4, -0.2) is 39.2 Å². The lowest BCUT2D eigenvalue weighted by Gasteiger charge is -2.22. The Morgan fingerprint density at radius 3 is 2.90 bits per heavy atom. The maximum atomic E-state index is 12.2. The van der Waals surface area contributed by atoms with E-state index in [1.54, 1.807) is 18.3 Å². The van der Waals surface area contributed by atoms with Crippen LogP contribution >= 0.6 is 0 Å². The van der Waals surface area contributed by atoms with Crippen LogP contribution in [0.1, 0.15) is 31.7 Å². The average molecular weight is 313 g/mol. The van der Waals surface area contributed by atoms with E-state index >= 15 is 0 Å². The number of nitrogens with one attached hydrogen (secondary N) is 2. The molecule has 2 N–H and O–H groups in total. The highest BCUT2D eigenvalue weighted by molar-refractivity contribution is 7.89. The van der Waals surface area contributed by atoms with E-state index in [1.807, 2.05) is 0 Å². The Hall–Kier alpha value is -1.02. The molecule has 21 heavy (non-hydrogen) atoms. The van der Waals surface area contributed by atoms with Gasteiger partial charge in [0.25, 0.3) is 10.0 Å². The molecule has 118 valence electrons. The van der Waals surface area contributed by atoms with Crippen LogP contribution in [0.15, 0.2) is 23.4 Å². The summed E-state index contributed by atoms with van der Waals surface area (Å²) in [4.78, 5) is 4.06. The molecule has 0 aromatic carbocycles. The molecule has 2 rings (SSSR count). The van der Waals surface area contributed by atoms with Crippen molar-refractivity contribution in [2.24, 2.45) is 0 Å². The summed E-state index contributed by atoms with van der Waals surface area (Å²) in [6.45, 7) is 4.87. The first-order chi connectivity index (χ1) is 10.1. The van der Waals surface area contributed by atoms with Gasteiger partial charge in [-0.05, 0) is 37.4 Å². The van der Waals surface area contributed by atoms with E-state index in [0.29, 0.717) is 19.8 Å². The largest absolute Gasteiger partial charge is 0.380 e. The van der Waals surface area contributed by atoms with Crippen molar-refractivity contribution in [2.75, 3.05) is 19.8 Å². The average Bonchev–Trinajstić information content (AvgIpc) is 2.49. The van der Waals surface area contributed by atoms with Crippen LogP contribution in [0.3, 0.4) is 0 Å². The molecule has 2 heterocycles. The van der Waals surface area contributed by atoms with E-state index < -0.39 is 10.0 Å². The molecule has 0 radical (unpaired) electrons. The van der Waals surface area contributed by atoms with Crippen molar-refractivity contribution in [3.8, 4) is 0 Å². The Morgan fingerprint density at radius 2 is 2.29 bits per heavy atom. The maximum absolute atomic E-state index is 12.2. The number of aromatic nitrogens is 1. The molecular weight excluding hydrogens is 290 g/mol. The quantitative estimate of drug-likeness (QED) is 0.735. The third kappa shape index (κ3) is 5.03. The molecule has 6 nitrogen and oxygen atoms in total. The number of sulfonamides is 1. The molecule has 0 amide bonds. The van der Waals surface area contributed by atoms with Crippen molar-refractivity contribution in [3.05, 3.63) is 23.9 Å². The number of ether oxygens (including phenoxy) is 1. The monoisotopic (exact) mass is 313 g/mol. The number of rotatable bonds is 7. The van der Waals surface area contributed by atoms with Gasteiger partial charge in [-0.2, -0.15) is 0 Å². The van der Waals surface area contributed by atoms with Crippen LogP contribution in [-0.2, 0) is 21.3 Å². The van der Waals surface area contributed by atoms with Gasteiger partial charge in [-0.15, -0.1) is 0 Å². The first-order valence-electron chi connectivity index (χ1n) is 7.37. The zero-order valence-electron chi connectivity index (χ0n) is 12.3. The number of hydrogen-bond donors (Lipinski definition) is 2. The molecule has 1 aromatic heterocycles. The van der Waals surface area contributed by atoms with E-state index in [9.17, 15) is 8.42 Å². The fourth-order valence-electron chi connectivity index (χ4n) is 2.20. The smallest absolute Gasteiger partial charge is 0.258 e. The van der Waals surface area contributed by atoms with Crippen molar-refractivity contribution in [3.63, 3.8) is 0 Å². The van der Waals surface area contributed by atoms with Crippen LogP contribution < -0.4 is 10.0 Å².